The summed E-state index contributed by atoms with van der Waals surface area (Å²) in [5.41, 5.74) is -1.04. The molecule has 8 nitrogen and oxygen atoms in total. The van der Waals surface area contributed by atoms with Gasteiger partial charge >= 0.3 is 11.9 Å². The van der Waals surface area contributed by atoms with Crippen molar-refractivity contribution in [3.05, 3.63) is 63.1 Å². The second kappa shape index (κ2) is 6.69. The normalized spacial score (nSPS) is 11.6. The minimum Gasteiger partial charge on any atom is -0.618 e. The summed E-state index contributed by atoms with van der Waals surface area (Å²) in [4.78, 5) is 10.2. The molecule has 0 saturated carbocycles. The maximum absolute atomic E-state index is 12.9. The van der Waals surface area contributed by atoms with E-state index in [4.69, 9.17) is 0 Å². The fourth-order valence-electron chi connectivity index (χ4n) is 3.08. The Bertz CT molecular complexity index is 1140. The van der Waals surface area contributed by atoms with E-state index in [2.05, 4.69) is 0 Å². The lowest BCUT2D eigenvalue weighted by Crippen LogP contribution is -2.40. The van der Waals surface area contributed by atoms with Gasteiger partial charge in [-0.25, -0.2) is 0 Å². The van der Waals surface area contributed by atoms with Gasteiger partial charge in [0.2, 0.25) is 5.75 Å². The van der Waals surface area contributed by atoms with Crippen LogP contribution < -0.4 is 4.73 Å². The first-order valence-electron chi connectivity index (χ1n) is 8.10. The van der Waals surface area contributed by atoms with E-state index in [0.717, 1.165) is 12.1 Å². The van der Waals surface area contributed by atoms with E-state index < -0.39 is 34.0 Å². The van der Waals surface area contributed by atoms with Gasteiger partial charge in [-0.3, -0.25) is 10.1 Å². The van der Waals surface area contributed by atoms with Crippen LogP contribution in [0.2, 0.25) is 0 Å². The Labute approximate surface area is 161 Å². The highest BCUT2D eigenvalue weighted by molar-refractivity contribution is 5.74. The van der Waals surface area contributed by atoms with Crippen molar-refractivity contribution in [1.29, 1.82) is 0 Å². The fraction of sp³-hybridized carbons (Fsp3) is 0.167. The molecule has 11 heteroatoms. The Balaban J connectivity index is 2.15. The lowest BCUT2D eigenvalue weighted by Gasteiger charge is -2.14. The molecule has 0 bridgehead atoms. The van der Waals surface area contributed by atoms with Gasteiger partial charge < -0.3 is 20.0 Å². The molecule has 1 aromatic carbocycles. The van der Waals surface area contributed by atoms with Gasteiger partial charge in [0.25, 0.3) is 5.69 Å². The molecule has 0 radical (unpaired) electrons. The van der Waals surface area contributed by atoms with Crippen molar-refractivity contribution in [2.24, 2.45) is 7.05 Å². The zero-order valence-corrected chi connectivity index (χ0v) is 15.1. The summed E-state index contributed by atoms with van der Waals surface area (Å²) in [5, 5.41) is 42.5. The van der Waals surface area contributed by atoms with Crippen LogP contribution in [0.15, 0.2) is 36.4 Å². The van der Waals surface area contributed by atoms with Gasteiger partial charge in [-0.05, 0) is 24.3 Å². The van der Waals surface area contributed by atoms with Gasteiger partial charge in [-0.2, -0.15) is 17.9 Å². The number of alkyl halides is 3. The summed E-state index contributed by atoms with van der Waals surface area (Å²) in [6.07, 6.45) is -4.80. The number of benzene rings is 1. The molecule has 29 heavy (non-hydrogen) atoms. The summed E-state index contributed by atoms with van der Waals surface area (Å²) in [6.45, 7) is 1.25. The van der Waals surface area contributed by atoms with Crippen LogP contribution in [0, 0.1) is 22.2 Å². The predicted octanol–water partition coefficient (Wildman–Crippen LogP) is 3.64. The smallest absolute Gasteiger partial charge is 0.478 e. The van der Waals surface area contributed by atoms with Gasteiger partial charge in [-0.1, -0.05) is 0 Å². The molecular formula is C18H14F3N3O5. The summed E-state index contributed by atoms with van der Waals surface area (Å²) < 4.78 is 40.1. The number of phenolic OH excluding ortho intramolecular Hbond substituents is 2. The lowest BCUT2D eigenvalue weighted by atomic mass is 10.1. The van der Waals surface area contributed by atoms with Gasteiger partial charge in [0, 0.05) is 37.4 Å². The molecular weight excluding hydrogens is 395 g/mol. The van der Waals surface area contributed by atoms with Crippen LogP contribution in [0.4, 0.5) is 18.9 Å². The number of halogens is 3. The fourth-order valence-corrected chi connectivity index (χ4v) is 3.08. The molecule has 3 rings (SSSR count). The second-order valence-electron chi connectivity index (χ2n) is 6.29. The number of hydrogen-bond donors (Lipinski definition) is 2. The van der Waals surface area contributed by atoms with E-state index in [1.165, 1.54) is 29.7 Å². The minimum atomic E-state index is -4.80. The van der Waals surface area contributed by atoms with Crippen molar-refractivity contribution in [3.63, 3.8) is 0 Å². The molecule has 0 aliphatic carbocycles. The third-order valence-corrected chi connectivity index (χ3v) is 4.57. The molecule has 0 saturated heterocycles. The molecule has 152 valence electrons. The second-order valence-corrected chi connectivity index (χ2v) is 6.29. The number of hydrogen-bond acceptors (Lipinski definition) is 5. The number of aromatic nitrogens is 2. The highest BCUT2D eigenvalue weighted by Gasteiger charge is 2.40. The molecule has 0 atom stereocenters. The number of pyridine rings is 1. The Morgan fingerprint density at radius 1 is 1.10 bits per heavy atom. The van der Waals surface area contributed by atoms with Gasteiger partial charge in [0.15, 0.2) is 11.4 Å². The van der Waals surface area contributed by atoms with Gasteiger partial charge in [0.05, 0.1) is 16.2 Å². The Morgan fingerprint density at radius 2 is 1.72 bits per heavy atom. The van der Waals surface area contributed by atoms with Crippen LogP contribution in [-0.2, 0) is 13.2 Å². The SMILES string of the molecule is Cc1c(-c2ccc(-c3cc(O)c(O)c([N+](=O)[O-])c3)n2C)ccc(C(F)(F)F)[n+]1[O-]. The van der Waals surface area contributed by atoms with Crippen LogP contribution >= 0.6 is 0 Å². The van der Waals surface area contributed by atoms with E-state index in [9.17, 15) is 38.7 Å². The maximum atomic E-state index is 12.9. The number of rotatable bonds is 3. The van der Waals surface area contributed by atoms with Gasteiger partial charge in [0.1, 0.15) is 0 Å². The molecule has 0 spiro atoms. The van der Waals surface area contributed by atoms with Crippen LogP contribution in [0.3, 0.4) is 0 Å². The van der Waals surface area contributed by atoms with Crippen LogP contribution in [0.5, 0.6) is 11.5 Å². The largest absolute Gasteiger partial charge is 0.618 e. The standard InChI is InChI=1S/C18H14F3N3O5/c1-9-11(3-6-16(23(9)27)18(19,20)21)13-5-4-12(22(13)2)10-7-14(24(28)29)17(26)15(25)8-10/h3-8,25-26H,1-2H3. The number of phenols is 2. The molecule has 0 fully saturated rings. The molecule has 0 amide bonds. The topological polar surface area (TPSA) is 115 Å². The first-order chi connectivity index (χ1) is 13.4. The Morgan fingerprint density at radius 3 is 2.31 bits per heavy atom. The van der Waals surface area contributed by atoms with E-state index in [1.54, 1.807) is 7.05 Å². The lowest BCUT2D eigenvalue weighted by molar-refractivity contribution is -0.635. The van der Waals surface area contributed by atoms with Crippen LogP contribution in [0.25, 0.3) is 22.5 Å². The van der Waals surface area contributed by atoms with E-state index in [-0.39, 0.29) is 21.6 Å². The van der Waals surface area contributed by atoms with E-state index >= 15 is 0 Å². The Hall–Kier alpha value is -3.76. The minimum absolute atomic E-state index is 0.174. The first kappa shape index (κ1) is 20.0. The first-order valence-corrected chi connectivity index (χ1v) is 8.10. The third kappa shape index (κ3) is 3.30. The molecule has 3 aromatic rings. The van der Waals surface area contributed by atoms with Crippen LogP contribution in [0.1, 0.15) is 11.4 Å². The quantitative estimate of drug-likeness (QED) is 0.225. The molecule has 0 unspecified atom stereocenters. The predicted molar refractivity (Wildman–Crippen MR) is 95.0 cm³/mol. The zero-order chi connectivity index (χ0) is 21.7. The van der Waals surface area contributed by atoms with Crippen molar-refractivity contribution in [2.45, 2.75) is 13.1 Å². The van der Waals surface area contributed by atoms with E-state index in [0.29, 0.717) is 17.5 Å². The number of nitrogens with zero attached hydrogens (tertiary/aromatic N) is 3. The summed E-state index contributed by atoms with van der Waals surface area (Å²) in [5.74, 6) is -1.57. The average Bonchev–Trinajstić information content (AvgIpc) is 2.99. The zero-order valence-electron chi connectivity index (χ0n) is 15.1. The summed E-state index contributed by atoms with van der Waals surface area (Å²) in [6, 6.07) is 7.08. The molecule has 2 aromatic heterocycles. The molecule has 0 aliphatic heterocycles. The van der Waals surface area contributed by atoms with Gasteiger partial charge in [-0.15, -0.1) is 0 Å². The average molecular weight is 409 g/mol. The van der Waals surface area contributed by atoms with Crippen molar-refractivity contribution >= 4 is 5.69 Å². The molecule has 2 N–H and O–H groups in total. The van der Waals surface area contributed by atoms with Crippen LogP contribution in [-0.4, -0.2) is 19.7 Å². The highest BCUT2D eigenvalue weighted by Crippen LogP contribution is 2.40. The monoisotopic (exact) mass is 409 g/mol. The van der Waals surface area contributed by atoms with Crippen molar-refractivity contribution in [1.82, 2.24) is 4.57 Å². The van der Waals surface area contributed by atoms with Crippen molar-refractivity contribution in [2.75, 3.05) is 0 Å². The molecule has 2 heterocycles. The maximum Gasteiger partial charge on any atom is 0.478 e. The summed E-state index contributed by atoms with van der Waals surface area (Å²) >= 11 is 0. The highest BCUT2D eigenvalue weighted by atomic mass is 19.4. The number of aromatic hydroxyl groups is 2. The number of nitro benzene ring substituents is 1. The molecule has 0 aliphatic rings. The van der Waals surface area contributed by atoms with Crippen molar-refractivity contribution in [3.8, 4) is 34.0 Å². The number of nitro groups is 1. The van der Waals surface area contributed by atoms with E-state index in [1.807, 2.05) is 0 Å². The summed E-state index contributed by atoms with van der Waals surface area (Å²) in [7, 11) is 1.55. The third-order valence-electron chi connectivity index (χ3n) is 4.57. The Kier molecular flexibility index (Phi) is 4.61. The van der Waals surface area contributed by atoms with Crippen molar-refractivity contribution < 1.29 is 33.0 Å².